The van der Waals surface area contributed by atoms with Gasteiger partial charge in [-0.2, -0.15) is 0 Å². The Kier molecular flexibility index (Phi) is 6.84. The predicted molar refractivity (Wildman–Crippen MR) is 121 cm³/mol. The maximum Gasteiger partial charge on any atom is 0.233 e. The number of carbonyl (C=O) groups is 1. The van der Waals surface area contributed by atoms with Gasteiger partial charge in [-0.25, -0.2) is 4.98 Å². The number of fused-ring (bicyclic) bond motifs is 1. The number of hydrogen-bond donors (Lipinski definition) is 0. The summed E-state index contributed by atoms with van der Waals surface area (Å²) >= 11 is 7.80. The lowest BCUT2D eigenvalue weighted by atomic mass is 10.1. The maximum absolute atomic E-state index is 13.3. The van der Waals surface area contributed by atoms with Crippen LogP contribution in [0.1, 0.15) is 5.56 Å². The molecule has 2 heterocycles. The number of halogens is 1. The number of anilines is 1. The second kappa shape index (κ2) is 9.75. The van der Waals surface area contributed by atoms with E-state index in [0.29, 0.717) is 16.7 Å². The molecule has 0 saturated carbocycles. The van der Waals surface area contributed by atoms with Crippen LogP contribution in [0.25, 0.3) is 10.2 Å². The second-order valence-corrected chi connectivity index (χ2v) is 8.51. The van der Waals surface area contributed by atoms with Crippen LogP contribution in [0, 0.1) is 0 Å². The molecule has 2 aromatic carbocycles. The van der Waals surface area contributed by atoms with Gasteiger partial charge >= 0.3 is 0 Å². The first kappa shape index (κ1) is 21.1. The van der Waals surface area contributed by atoms with E-state index in [4.69, 9.17) is 26.1 Å². The van der Waals surface area contributed by atoms with Crippen LogP contribution in [0.4, 0.5) is 5.13 Å². The fourth-order valence-corrected chi connectivity index (χ4v) is 4.67. The van der Waals surface area contributed by atoms with E-state index in [1.807, 2.05) is 42.5 Å². The number of hydrogen-bond acceptors (Lipinski definition) is 6. The minimum atomic E-state index is -0.0117. The Morgan fingerprint density at radius 3 is 2.83 bits per heavy atom. The van der Waals surface area contributed by atoms with Gasteiger partial charge in [0.15, 0.2) is 5.13 Å². The summed E-state index contributed by atoms with van der Waals surface area (Å²) in [6.07, 6.45) is 0.238. The van der Waals surface area contributed by atoms with E-state index in [1.165, 1.54) is 11.3 Å². The molecule has 4 rings (SSSR count). The van der Waals surface area contributed by atoms with Gasteiger partial charge in [-0.05, 0) is 29.8 Å². The van der Waals surface area contributed by atoms with E-state index in [-0.39, 0.29) is 12.3 Å². The molecule has 1 saturated heterocycles. The second-order valence-electron chi connectivity index (χ2n) is 7.10. The minimum absolute atomic E-state index is 0.0117. The Morgan fingerprint density at radius 1 is 1.27 bits per heavy atom. The molecule has 158 valence electrons. The first-order valence-corrected chi connectivity index (χ1v) is 11.1. The van der Waals surface area contributed by atoms with Gasteiger partial charge < -0.3 is 9.47 Å². The lowest BCUT2D eigenvalue weighted by Gasteiger charge is -2.29. The van der Waals surface area contributed by atoms with Gasteiger partial charge in [0.1, 0.15) is 5.75 Å². The van der Waals surface area contributed by atoms with Crippen LogP contribution in [0.3, 0.4) is 0 Å². The first-order chi connectivity index (χ1) is 14.6. The van der Waals surface area contributed by atoms with Gasteiger partial charge in [0.2, 0.25) is 5.91 Å². The highest BCUT2D eigenvalue weighted by atomic mass is 35.5. The Labute approximate surface area is 185 Å². The predicted octanol–water partition coefficient (Wildman–Crippen LogP) is 3.87. The van der Waals surface area contributed by atoms with Crippen molar-refractivity contribution in [1.82, 2.24) is 9.88 Å². The molecule has 1 fully saturated rings. The summed E-state index contributed by atoms with van der Waals surface area (Å²) in [6.45, 7) is 4.56. The van der Waals surface area contributed by atoms with Crippen LogP contribution >= 0.6 is 22.9 Å². The molecule has 30 heavy (non-hydrogen) atoms. The molecule has 1 aliphatic heterocycles. The van der Waals surface area contributed by atoms with Gasteiger partial charge in [-0.1, -0.05) is 41.1 Å². The zero-order chi connectivity index (χ0) is 20.9. The van der Waals surface area contributed by atoms with Crippen molar-refractivity contribution in [2.45, 2.75) is 6.42 Å². The molecule has 1 amide bonds. The number of morpholine rings is 1. The van der Waals surface area contributed by atoms with E-state index >= 15 is 0 Å². The molecule has 0 unspecified atom stereocenters. The quantitative estimate of drug-likeness (QED) is 0.552. The van der Waals surface area contributed by atoms with E-state index in [1.54, 1.807) is 12.0 Å². The average Bonchev–Trinajstić information content (AvgIpc) is 3.19. The number of benzene rings is 2. The molecule has 1 aliphatic rings. The number of methoxy groups -OCH3 is 1. The van der Waals surface area contributed by atoms with E-state index in [0.717, 1.165) is 54.4 Å². The highest BCUT2D eigenvalue weighted by Gasteiger charge is 2.22. The fourth-order valence-electron chi connectivity index (χ4n) is 3.43. The normalized spacial score (nSPS) is 14.7. The molecule has 0 bridgehead atoms. The van der Waals surface area contributed by atoms with Crippen molar-refractivity contribution in [2.24, 2.45) is 0 Å². The Hall–Kier alpha value is -2.19. The molecule has 6 nitrogen and oxygen atoms in total. The molecule has 0 radical (unpaired) electrons. The number of amides is 1. The maximum atomic E-state index is 13.3. The standard InChI is InChI=1S/C22H24ClN3O3S/c1-28-17-6-7-19-20(15-17)30-22(24-19)26(9-8-25-10-12-29-13-11-25)21(27)14-16-4-2-3-5-18(16)23/h2-7,15H,8-14H2,1H3. The number of thiazole rings is 1. The van der Waals surface area contributed by atoms with Crippen molar-refractivity contribution in [3.8, 4) is 5.75 Å². The molecule has 1 aromatic heterocycles. The average molecular weight is 446 g/mol. The smallest absolute Gasteiger partial charge is 0.233 e. The van der Waals surface area contributed by atoms with Gasteiger partial charge in [-0.15, -0.1) is 0 Å². The van der Waals surface area contributed by atoms with E-state index < -0.39 is 0 Å². The van der Waals surface area contributed by atoms with Crippen LogP contribution < -0.4 is 9.64 Å². The zero-order valence-corrected chi connectivity index (χ0v) is 18.4. The van der Waals surface area contributed by atoms with Crippen LogP contribution in [0.2, 0.25) is 5.02 Å². The molecule has 3 aromatic rings. The largest absolute Gasteiger partial charge is 0.497 e. The lowest BCUT2D eigenvalue weighted by Crippen LogP contribution is -2.43. The number of nitrogens with zero attached hydrogens (tertiary/aromatic N) is 3. The molecular formula is C22H24ClN3O3S. The third-order valence-electron chi connectivity index (χ3n) is 5.16. The number of ether oxygens (including phenoxy) is 2. The summed E-state index contributed by atoms with van der Waals surface area (Å²) < 4.78 is 11.7. The van der Waals surface area contributed by atoms with Gasteiger partial charge in [0.05, 0.1) is 37.0 Å². The highest BCUT2D eigenvalue weighted by Crippen LogP contribution is 2.32. The third-order valence-corrected chi connectivity index (χ3v) is 6.57. The van der Waals surface area contributed by atoms with Crippen molar-refractivity contribution in [3.05, 3.63) is 53.1 Å². The molecule has 0 atom stereocenters. The minimum Gasteiger partial charge on any atom is -0.497 e. The van der Waals surface area contributed by atoms with Crippen LogP contribution in [-0.4, -0.2) is 62.3 Å². The monoisotopic (exact) mass is 445 g/mol. The summed E-state index contributed by atoms with van der Waals surface area (Å²) in [5.74, 6) is 0.766. The van der Waals surface area contributed by atoms with E-state index in [9.17, 15) is 4.79 Å². The van der Waals surface area contributed by atoms with Crippen molar-refractivity contribution in [2.75, 3.05) is 51.4 Å². The summed E-state index contributed by atoms with van der Waals surface area (Å²) in [4.78, 5) is 22.1. The summed E-state index contributed by atoms with van der Waals surface area (Å²) in [6, 6.07) is 13.2. The van der Waals surface area contributed by atoms with Crippen molar-refractivity contribution in [1.29, 1.82) is 0 Å². The molecule has 0 aliphatic carbocycles. The molecular weight excluding hydrogens is 422 g/mol. The van der Waals surface area contributed by atoms with Crippen molar-refractivity contribution in [3.63, 3.8) is 0 Å². The van der Waals surface area contributed by atoms with Crippen LogP contribution in [0.5, 0.6) is 5.75 Å². The Bertz CT molecular complexity index is 1020. The topological polar surface area (TPSA) is 54.9 Å². The molecule has 8 heteroatoms. The molecule has 0 N–H and O–H groups in total. The third kappa shape index (κ3) is 4.92. The highest BCUT2D eigenvalue weighted by molar-refractivity contribution is 7.22. The van der Waals surface area contributed by atoms with Crippen molar-refractivity contribution < 1.29 is 14.3 Å². The summed E-state index contributed by atoms with van der Waals surface area (Å²) in [5, 5.41) is 1.30. The number of carbonyl (C=O) groups excluding carboxylic acids is 1. The summed E-state index contributed by atoms with van der Waals surface area (Å²) in [7, 11) is 1.64. The zero-order valence-electron chi connectivity index (χ0n) is 16.8. The van der Waals surface area contributed by atoms with Crippen LogP contribution in [-0.2, 0) is 16.0 Å². The Balaban J connectivity index is 1.58. The Morgan fingerprint density at radius 2 is 2.07 bits per heavy atom. The molecule has 0 spiro atoms. The SMILES string of the molecule is COc1ccc2nc(N(CCN3CCOCC3)C(=O)Cc3ccccc3Cl)sc2c1. The lowest BCUT2D eigenvalue weighted by molar-refractivity contribution is -0.118. The van der Waals surface area contributed by atoms with Gasteiger partial charge in [0, 0.05) is 31.2 Å². The van der Waals surface area contributed by atoms with E-state index in [2.05, 4.69) is 4.90 Å². The first-order valence-electron chi connectivity index (χ1n) is 9.92. The van der Waals surface area contributed by atoms with Gasteiger partial charge in [0.25, 0.3) is 0 Å². The van der Waals surface area contributed by atoms with Crippen molar-refractivity contribution >= 4 is 44.2 Å². The summed E-state index contributed by atoms with van der Waals surface area (Å²) in [5.41, 5.74) is 1.68. The van der Waals surface area contributed by atoms with Crippen LogP contribution in [0.15, 0.2) is 42.5 Å². The number of aromatic nitrogens is 1. The number of rotatable bonds is 7. The fraction of sp³-hybridized carbons (Fsp3) is 0.364. The van der Waals surface area contributed by atoms with Gasteiger partial charge in [-0.3, -0.25) is 14.6 Å².